The minimum atomic E-state index is -1.19. The highest BCUT2D eigenvalue weighted by Gasteiger charge is 2.49. The molecule has 3 heterocycles. The predicted molar refractivity (Wildman–Crippen MR) is 84.8 cm³/mol. The summed E-state index contributed by atoms with van der Waals surface area (Å²) in [5.74, 6) is 0.135. The van der Waals surface area contributed by atoms with Crippen LogP contribution in [-0.4, -0.2) is 58.0 Å². The third kappa shape index (κ3) is 3.24. The fourth-order valence-electron chi connectivity index (χ4n) is 3.56. The number of likely N-dealkylation sites (tertiary alicyclic amines) is 1. The molecule has 24 heavy (non-hydrogen) atoms. The zero-order valence-electron chi connectivity index (χ0n) is 13.9. The maximum Gasteiger partial charge on any atom is 0.289 e. The van der Waals surface area contributed by atoms with E-state index in [9.17, 15) is 19.8 Å². The van der Waals surface area contributed by atoms with Gasteiger partial charge in [-0.25, -0.2) is 0 Å². The van der Waals surface area contributed by atoms with Crippen LogP contribution < -0.4 is 5.43 Å². The SMILES string of the molecule is Cc1cc(=O)cc(C(=O)N2CCC3(CC2)C[C@](C)(O)[C@@H](O)CO3)o1. The first kappa shape index (κ1) is 17.1. The van der Waals surface area contributed by atoms with Crippen molar-refractivity contribution in [1.29, 1.82) is 0 Å². The van der Waals surface area contributed by atoms with Crippen molar-refractivity contribution in [2.75, 3.05) is 19.7 Å². The molecule has 1 aromatic rings. The normalized spacial score (nSPS) is 29.7. The molecular formula is C17H23NO6. The largest absolute Gasteiger partial charge is 0.456 e. The second-order valence-electron chi connectivity index (χ2n) is 7.10. The smallest absolute Gasteiger partial charge is 0.289 e. The van der Waals surface area contributed by atoms with E-state index in [1.165, 1.54) is 12.1 Å². The second kappa shape index (κ2) is 5.98. The van der Waals surface area contributed by atoms with Crippen LogP contribution >= 0.6 is 0 Å². The molecule has 3 rings (SSSR count). The van der Waals surface area contributed by atoms with Gasteiger partial charge in [0.05, 0.1) is 17.8 Å². The minimum absolute atomic E-state index is 0.0444. The standard InChI is InChI=1S/C17H23NO6/c1-11-7-12(19)8-13(24-11)15(21)18-5-3-17(4-6-18)10-16(2,22)14(20)9-23-17/h7-8,14,20,22H,3-6,9-10H2,1-2H3/t14-,16-/m0/s1. The first-order valence-corrected chi connectivity index (χ1v) is 8.16. The van der Waals surface area contributed by atoms with Gasteiger partial charge in [0.15, 0.2) is 11.2 Å². The second-order valence-corrected chi connectivity index (χ2v) is 7.10. The number of aliphatic hydroxyl groups excluding tert-OH is 1. The number of ether oxygens (including phenoxy) is 1. The number of piperidine rings is 1. The lowest BCUT2D eigenvalue weighted by atomic mass is 9.76. The number of amides is 1. The number of aliphatic hydroxyl groups is 2. The summed E-state index contributed by atoms with van der Waals surface area (Å²) < 4.78 is 11.2. The van der Waals surface area contributed by atoms with Crippen LogP contribution in [-0.2, 0) is 4.74 Å². The van der Waals surface area contributed by atoms with Crippen molar-refractivity contribution in [3.8, 4) is 0 Å². The Labute approximate surface area is 139 Å². The first-order chi connectivity index (χ1) is 11.2. The number of nitrogens with zero attached hydrogens (tertiary/aromatic N) is 1. The third-order valence-electron chi connectivity index (χ3n) is 5.01. The molecule has 2 fully saturated rings. The van der Waals surface area contributed by atoms with Crippen LogP contribution in [0.15, 0.2) is 21.3 Å². The Morgan fingerprint density at radius 3 is 2.58 bits per heavy atom. The van der Waals surface area contributed by atoms with Gasteiger partial charge < -0.3 is 24.3 Å². The molecule has 7 nitrogen and oxygen atoms in total. The highest BCUT2D eigenvalue weighted by atomic mass is 16.5. The van der Waals surface area contributed by atoms with E-state index in [4.69, 9.17) is 9.15 Å². The van der Waals surface area contributed by atoms with E-state index < -0.39 is 17.3 Å². The topological polar surface area (TPSA) is 100 Å². The lowest BCUT2D eigenvalue weighted by Gasteiger charge is -2.49. The van der Waals surface area contributed by atoms with Crippen molar-refractivity contribution in [2.45, 2.75) is 50.4 Å². The summed E-state index contributed by atoms with van der Waals surface area (Å²) in [6.07, 6.45) is 0.572. The average molecular weight is 337 g/mol. The van der Waals surface area contributed by atoms with Gasteiger partial charge in [0, 0.05) is 31.6 Å². The van der Waals surface area contributed by atoms with E-state index in [-0.39, 0.29) is 23.7 Å². The first-order valence-electron chi connectivity index (χ1n) is 8.16. The fourth-order valence-corrected chi connectivity index (χ4v) is 3.56. The Kier molecular flexibility index (Phi) is 4.27. The Hall–Kier alpha value is -1.70. The van der Waals surface area contributed by atoms with E-state index in [2.05, 4.69) is 0 Å². The fraction of sp³-hybridized carbons (Fsp3) is 0.647. The van der Waals surface area contributed by atoms with Gasteiger partial charge in [-0.1, -0.05) is 0 Å². The molecule has 2 N–H and O–H groups in total. The summed E-state index contributed by atoms with van der Waals surface area (Å²) in [6.45, 7) is 4.23. The van der Waals surface area contributed by atoms with E-state index in [0.717, 1.165) is 0 Å². The van der Waals surface area contributed by atoms with Gasteiger partial charge in [-0.15, -0.1) is 0 Å². The quantitative estimate of drug-likeness (QED) is 0.772. The maximum atomic E-state index is 12.5. The van der Waals surface area contributed by atoms with Crippen LogP contribution in [0, 0.1) is 6.92 Å². The monoisotopic (exact) mass is 337 g/mol. The Morgan fingerprint density at radius 1 is 1.33 bits per heavy atom. The summed E-state index contributed by atoms with van der Waals surface area (Å²) in [5.41, 5.74) is -1.96. The molecular weight excluding hydrogens is 314 g/mol. The average Bonchev–Trinajstić information content (AvgIpc) is 2.50. The van der Waals surface area contributed by atoms with Gasteiger partial charge in [0.25, 0.3) is 5.91 Å². The van der Waals surface area contributed by atoms with Crippen molar-refractivity contribution in [3.63, 3.8) is 0 Å². The summed E-state index contributed by atoms with van der Waals surface area (Å²) in [5, 5.41) is 20.1. The highest BCUT2D eigenvalue weighted by molar-refractivity contribution is 5.91. The molecule has 2 saturated heterocycles. The van der Waals surface area contributed by atoms with Gasteiger partial charge in [0.2, 0.25) is 0 Å². The Morgan fingerprint density at radius 2 is 2.00 bits per heavy atom. The predicted octanol–water partition coefficient (Wildman–Crippen LogP) is 0.455. The molecule has 1 amide bonds. The molecule has 1 spiro atoms. The lowest BCUT2D eigenvalue weighted by molar-refractivity contribution is -0.221. The zero-order chi connectivity index (χ0) is 17.5. The molecule has 0 saturated carbocycles. The molecule has 2 aliphatic rings. The van der Waals surface area contributed by atoms with E-state index >= 15 is 0 Å². The molecule has 1 aromatic heterocycles. The summed E-state index contributed by atoms with van der Waals surface area (Å²) in [6, 6.07) is 2.54. The van der Waals surface area contributed by atoms with Crippen molar-refractivity contribution < 1.29 is 24.2 Å². The highest BCUT2D eigenvalue weighted by Crippen LogP contribution is 2.39. The molecule has 132 valence electrons. The van der Waals surface area contributed by atoms with E-state index in [1.807, 2.05) is 0 Å². The zero-order valence-corrected chi connectivity index (χ0v) is 13.9. The molecule has 0 aromatic carbocycles. The van der Waals surface area contributed by atoms with Crippen molar-refractivity contribution in [1.82, 2.24) is 4.90 Å². The number of aryl methyl sites for hydroxylation is 1. The Balaban J connectivity index is 1.69. The van der Waals surface area contributed by atoms with Crippen molar-refractivity contribution in [2.24, 2.45) is 0 Å². The number of carbonyl (C=O) groups excluding carboxylic acids is 1. The van der Waals surface area contributed by atoms with Crippen LogP contribution in [0.4, 0.5) is 0 Å². The van der Waals surface area contributed by atoms with Gasteiger partial charge in [-0.2, -0.15) is 0 Å². The van der Waals surface area contributed by atoms with Gasteiger partial charge in [0.1, 0.15) is 11.9 Å². The van der Waals surface area contributed by atoms with Crippen LogP contribution in [0.1, 0.15) is 42.5 Å². The number of hydrogen-bond donors (Lipinski definition) is 2. The molecule has 0 aliphatic carbocycles. The molecule has 0 bridgehead atoms. The van der Waals surface area contributed by atoms with Crippen molar-refractivity contribution in [3.05, 3.63) is 33.9 Å². The summed E-state index contributed by atoms with van der Waals surface area (Å²) in [4.78, 5) is 25.7. The number of rotatable bonds is 1. The van der Waals surface area contributed by atoms with Gasteiger partial charge >= 0.3 is 0 Å². The minimum Gasteiger partial charge on any atom is -0.456 e. The molecule has 2 atom stereocenters. The van der Waals surface area contributed by atoms with Crippen LogP contribution in [0.3, 0.4) is 0 Å². The summed E-state index contributed by atoms with van der Waals surface area (Å²) >= 11 is 0. The summed E-state index contributed by atoms with van der Waals surface area (Å²) in [7, 11) is 0. The van der Waals surface area contributed by atoms with Crippen LogP contribution in [0.5, 0.6) is 0 Å². The number of hydrogen-bond acceptors (Lipinski definition) is 6. The van der Waals surface area contributed by atoms with Crippen LogP contribution in [0.2, 0.25) is 0 Å². The van der Waals surface area contributed by atoms with E-state index in [0.29, 0.717) is 38.1 Å². The molecule has 7 heteroatoms. The van der Waals surface area contributed by atoms with E-state index in [1.54, 1.807) is 18.7 Å². The molecule has 0 radical (unpaired) electrons. The number of carbonyl (C=O) groups is 1. The molecule has 2 aliphatic heterocycles. The van der Waals surface area contributed by atoms with Crippen LogP contribution in [0.25, 0.3) is 0 Å². The lowest BCUT2D eigenvalue weighted by Crippen LogP contribution is -2.59. The van der Waals surface area contributed by atoms with Gasteiger partial charge in [-0.3, -0.25) is 9.59 Å². The van der Waals surface area contributed by atoms with Gasteiger partial charge in [-0.05, 0) is 26.7 Å². The Bertz CT molecular complexity index is 687. The molecule has 0 unspecified atom stereocenters. The third-order valence-corrected chi connectivity index (χ3v) is 5.01. The van der Waals surface area contributed by atoms with Crippen molar-refractivity contribution >= 4 is 5.91 Å². The maximum absolute atomic E-state index is 12.5.